The number of benzene rings is 2. The minimum absolute atomic E-state index is 0.153. The SMILES string of the molecule is Cc1ccc(S(=O)(=O)NC(C)C(=O)Nc2ccccc2)cc1C. The number of sulfonamides is 1. The van der Waals surface area contributed by atoms with Crippen molar-refractivity contribution in [1.29, 1.82) is 0 Å². The van der Waals surface area contributed by atoms with Gasteiger partial charge in [0.25, 0.3) is 0 Å². The third-order valence-corrected chi connectivity index (χ3v) is 5.09. The van der Waals surface area contributed by atoms with Gasteiger partial charge in [0.15, 0.2) is 0 Å². The number of anilines is 1. The van der Waals surface area contributed by atoms with Crippen LogP contribution in [0.3, 0.4) is 0 Å². The third kappa shape index (κ3) is 4.40. The van der Waals surface area contributed by atoms with E-state index >= 15 is 0 Å². The van der Waals surface area contributed by atoms with Gasteiger partial charge in [-0.25, -0.2) is 8.42 Å². The molecule has 1 unspecified atom stereocenters. The second kappa shape index (κ2) is 6.93. The maximum absolute atomic E-state index is 12.4. The zero-order valence-corrected chi connectivity index (χ0v) is 14.1. The van der Waals surface area contributed by atoms with Gasteiger partial charge >= 0.3 is 0 Å². The lowest BCUT2D eigenvalue weighted by Gasteiger charge is -2.15. The molecule has 5 nitrogen and oxygen atoms in total. The van der Waals surface area contributed by atoms with Crippen molar-refractivity contribution in [2.45, 2.75) is 31.7 Å². The third-order valence-electron chi connectivity index (χ3n) is 3.56. The van der Waals surface area contributed by atoms with Crippen molar-refractivity contribution in [3.63, 3.8) is 0 Å². The molecule has 0 heterocycles. The van der Waals surface area contributed by atoms with Crippen LogP contribution in [0.15, 0.2) is 53.4 Å². The van der Waals surface area contributed by atoms with Gasteiger partial charge in [0.05, 0.1) is 10.9 Å². The largest absolute Gasteiger partial charge is 0.325 e. The molecule has 0 fully saturated rings. The van der Waals surface area contributed by atoms with Gasteiger partial charge in [-0.15, -0.1) is 0 Å². The van der Waals surface area contributed by atoms with Crippen molar-refractivity contribution >= 4 is 21.6 Å². The van der Waals surface area contributed by atoms with Crippen LogP contribution in [0.25, 0.3) is 0 Å². The first-order chi connectivity index (χ1) is 10.8. The van der Waals surface area contributed by atoms with Crippen LogP contribution in [0.4, 0.5) is 5.69 Å². The lowest BCUT2D eigenvalue weighted by molar-refractivity contribution is -0.117. The normalized spacial score (nSPS) is 12.7. The van der Waals surface area contributed by atoms with Crippen LogP contribution in [0.2, 0.25) is 0 Å². The Balaban J connectivity index is 2.10. The molecular weight excluding hydrogens is 312 g/mol. The maximum Gasteiger partial charge on any atom is 0.242 e. The number of para-hydroxylation sites is 1. The molecule has 0 aliphatic carbocycles. The van der Waals surface area contributed by atoms with E-state index in [1.54, 1.807) is 36.4 Å². The standard InChI is InChI=1S/C17H20N2O3S/c1-12-9-10-16(11-13(12)2)23(21,22)19-14(3)17(20)18-15-7-5-4-6-8-15/h4-11,14,19H,1-3H3,(H,18,20). The van der Waals surface area contributed by atoms with Crippen molar-refractivity contribution in [3.05, 3.63) is 59.7 Å². The monoisotopic (exact) mass is 332 g/mol. The Bertz CT molecular complexity index is 802. The summed E-state index contributed by atoms with van der Waals surface area (Å²) < 4.78 is 27.1. The number of nitrogens with one attached hydrogen (secondary N) is 2. The Hall–Kier alpha value is -2.18. The highest BCUT2D eigenvalue weighted by atomic mass is 32.2. The first kappa shape index (κ1) is 17.2. The molecule has 2 aromatic carbocycles. The number of hydrogen-bond acceptors (Lipinski definition) is 3. The molecule has 0 spiro atoms. The second-order valence-electron chi connectivity index (χ2n) is 5.44. The Morgan fingerprint density at radius 3 is 2.26 bits per heavy atom. The predicted octanol–water partition coefficient (Wildman–Crippen LogP) is 2.61. The van der Waals surface area contributed by atoms with E-state index in [0.29, 0.717) is 5.69 Å². The molecule has 0 radical (unpaired) electrons. The van der Waals surface area contributed by atoms with Crippen molar-refractivity contribution in [3.8, 4) is 0 Å². The summed E-state index contributed by atoms with van der Waals surface area (Å²) >= 11 is 0. The first-order valence-corrected chi connectivity index (χ1v) is 8.73. The molecule has 0 aliphatic rings. The predicted molar refractivity (Wildman–Crippen MR) is 90.8 cm³/mol. The van der Waals surface area contributed by atoms with E-state index in [9.17, 15) is 13.2 Å². The number of carbonyl (C=O) groups is 1. The highest BCUT2D eigenvalue weighted by Crippen LogP contribution is 2.15. The fourth-order valence-electron chi connectivity index (χ4n) is 2.01. The molecule has 2 aromatic rings. The molecule has 0 aromatic heterocycles. The highest BCUT2D eigenvalue weighted by molar-refractivity contribution is 7.89. The van der Waals surface area contributed by atoms with Crippen LogP contribution < -0.4 is 10.0 Å². The van der Waals surface area contributed by atoms with E-state index in [4.69, 9.17) is 0 Å². The first-order valence-electron chi connectivity index (χ1n) is 7.25. The molecule has 0 bridgehead atoms. The van der Waals surface area contributed by atoms with Gasteiger partial charge in [-0.05, 0) is 56.2 Å². The maximum atomic E-state index is 12.4. The van der Waals surface area contributed by atoms with Gasteiger partial charge in [0, 0.05) is 5.69 Å². The van der Waals surface area contributed by atoms with Crippen molar-refractivity contribution in [2.75, 3.05) is 5.32 Å². The minimum atomic E-state index is -3.75. The summed E-state index contributed by atoms with van der Waals surface area (Å²) in [7, 11) is -3.75. The Labute approximate surface area is 136 Å². The zero-order valence-electron chi connectivity index (χ0n) is 13.3. The molecule has 1 amide bonds. The van der Waals surface area contributed by atoms with Crippen LogP contribution in [-0.4, -0.2) is 20.4 Å². The Kier molecular flexibility index (Phi) is 5.18. The second-order valence-corrected chi connectivity index (χ2v) is 7.16. The van der Waals surface area contributed by atoms with Gasteiger partial charge in [0.2, 0.25) is 15.9 Å². The summed E-state index contributed by atoms with van der Waals surface area (Å²) in [6.07, 6.45) is 0. The molecule has 0 saturated heterocycles. The van der Waals surface area contributed by atoms with Crippen LogP contribution >= 0.6 is 0 Å². The van der Waals surface area contributed by atoms with E-state index in [1.165, 1.54) is 13.0 Å². The van der Waals surface area contributed by atoms with E-state index in [1.807, 2.05) is 19.9 Å². The highest BCUT2D eigenvalue weighted by Gasteiger charge is 2.22. The molecule has 2 rings (SSSR count). The number of aryl methyl sites for hydroxylation is 2. The molecule has 0 saturated carbocycles. The van der Waals surface area contributed by atoms with Gasteiger partial charge in [-0.1, -0.05) is 24.3 Å². The number of rotatable bonds is 5. The van der Waals surface area contributed by atoms with Gasteiger partial charge in [-0.2, -0.15) is 4.72 Å². The van der Waals surface area contributed by atoms with Gasteiger partial charge in [0.1, 0.15) is 0 Å². The van der Waals surface area contributed by atoms with Gasteiger partial charge in [-0.3, -0.25) is 4.79 Å². The van der Waals surface area contributed by atoms with Crippen molar-refractivity contribution < 1.29 is 13.2 Å². The number of amides is 1. The smallest absolute Gasteiger partial charge is 0.242 e. The molecular formula is C17H20N2O3S. The van der Waals surface area contributed by atoms with E-state index in [0.717, 1.165) is 11.1 Å². The molecule has 23 heavy (non-hydrogen) atoms. The van der Waals surface area contributed by atoms with Crippen LogP contribution in [0, 0.1) is 13.8 Å². The fraction of sp³-hybridized carbons (Fsp3) is 0.235. The molecule has 0 aliphatic heterocycles. The van der Waals surface area contributed by atoms with Gasteiger partial charge < -0.3 is 5.32 Å². The number of carbonyl (C=O) groups excluding carboxylic acids is 1. The van der Waals surface area contributed by atoms with E-state index in [-0.39, 0.29) is 4.90 Å². The summed E-state index contributed by atoms with van der Waals surface area (Å²) in [6, 6.07) is 12.9. The molecule has 1 atom stereocenters. The Morgan fingerprint density at radius 1 is 1.00 bits per heavy atom. The fourth-order valence-corrected chi connectivity index (χ4v) is 3.30. The molecule has 6 heteroatoms. The summed E-state index contributed by atoms with van der Waals surface area (Å²) in [5.41, 5.74) is 2.52. The van der Waals surface area contributed by atoms with Crippen molar-refractivity contribution in [2.24, 2.45) is 0 Å². The minimum Gasteiger partial charge on any atom is -0.325 e. The average molecular weight is 332 g/mol. The quantitative estimate of drug-likeness (QED) is 0.884. The average Bonchev–Trinajstić information content (AvgIpc) is 2.50. The lowest BCUT2D eigenvalue weighted by atomic mass is 10.1. The summed E-state index contributed by atoms with van der Waals surface area (Å²) in [5.74, 6) is -0.413. The van der Waals surface area contributed by atoms with Crippen LogP contribution in [0.1, 0.15) is 18.1 Å². The Morgan fingerprint density at radius 2 is 1.65 bits per heavy atom. The summed E-state index contributed by atoms with van der Waals surface area (Å²) in [5, 5.41) is 2.67. The summed E-state index contributed by atoms with van der Waals surface area (Å²) in [4.78, 5) is 12.3. The topological polar surface area (TPSA) is 75.3 Å². The summed E-state index contributed by atoms with van der Waals surface area (Å²) in [6.45, 7) is 5.27. The van der Waals surface area contributed by atoms with Crippen LogP contribution in [-0.2, 0) is 14.8 Å². The molecule has 122 valence electrons. The van der Waals surface area contributed by atoms with E-state index < -0.39 is 22.0 Å². The lowest BCUT2D eigenvalue weighted by Crippen LogP contribution is -2.41. The number of hydrogen-bond donors (Lipinski definition) is 2. The van der Waals surface area contributed by atoms with Crippen molar-refractivity contribution in [1.82, 2.24) is 4.72 Å². The van der Waals surface area contributed by atoms with E-state index in [2.05, 4.69) is 10.0 Å². The zero-order chi connectivity index (χ0) is 17.0. The van der Waals surface area contributed by atoms with Crippen LogP contribution in [0.5, 0.6) is 0 Å². The molecule has 2 N–H and O–H groups in total.